The number of methoxy groups -OCH3 is 1. The van der Waals surface area contributed by atoms with Crippen LogP contribution in [-0.2, 0) is 14.3 Å². The van der Waals surface area contributed by atoms with E-state index in [4.69, 9.17) is 4.74 Å². The van der Waals surface area contributed by atoms with E-state index < -0.39 is 0 Å². The fourth-order valence-corrected chi connectivity index (χ4v) is 2.82. The van der Waals surface area contributed by atoms with Crippen LogP contribution in [0.25, 0.3) is 0 Å². The third-order valence-electron chi connectivity index (χ3n) is 2.92. The van der Waals surface area contributed by atoms with Gasteiger partial charge in [-0.15, -0.1) is 0 Å². The van der Waals surface area contributed by atoms with Gasteiger partial charge in [-0.3, -0.25) is 9.69 Å². The number of morpholine rings is 1. The van der Waals surface area contributed by atoms with Crippen LogP contribution in [0.2, 0.25) is 0 Å². The Hall–Kier alpha value is -0.260. The molecule has 0 bridgehead atoms. The molecule has 0 N–H and O–H groups in total. The van der Waals surface area contributed by atoms with E-state index in [1.807, 2.05) is 0 Å². The van der Waals surface area contributed by atoms with E-state index in [0.717, 1.165) is 32.0 Å². The van der Waals surface area contributed by atoms with Crippen molar-refractivity contribution in [2.24, 2.45) is 0 Å². The summed E-state index contributed by atoms with van der Waals surface area (Å²) >= 11 is 1.79. The number of hydrogen-bond acceptors (Lipinski definition) is 5. The highest BCUT2D eigenvalue weighted by molar-refractivity contribution is 7.99. The van der Waals surface area contributed by atoms with E-state index in [-0.39, 0.29) is 5.97 Å². The van der Waals surface area contributed by atoms with Crippen LogP contribution in [0.4, 0.5) is 0 Å². The van der Waals surface area contributed by atoms with Gasteiger partial charge in [-0.25, -0.2) is 0 Å². The first-order chi connectivity index (χ1) is 8.15. The minimum Gasteiger partial charge on any atom is -0.469 e. The molecule has 1 saturated heterocycles. The van der Waals surface area contributed by atoms with Crippen LogP contribution in [0.3, 0.4) is 0 Å². The van der Waals surface area contributed by atoms with Gasteiger partial charge in [-0.1, -0.05) is 13.8 Å². The van der Waals surface area contributed by atoms with Gasteiger partial charge in [0.2, 0.25) is 0 Å². The number of ether oxygens (including phenoxy) is 2. The predicted octanol–water partition coefficient (Wildman–Crippen LogP) is 1.39. The molecule has 0 aromatic rings. The first kappa shape index (κ1) is 14.8. The summed E-state index contributed by atoms with van der Waals surface area (Å²) in [6.45, 7) is 8.19. The summed E-state index contributed by atoms with van der Waals surface area (Å²) in [5.41, 5.74) is 0. The number of carbonyl (C=O) groups is 1. The van der Waals surface area contributed by atoms with Crippen molar-refractivity contribution in [2.45, 2.75) is 31.6 Å². The van der Waals surface area contributed by atoms with Gasteiger partial charge in [0.25, 0.3) is 0 Å². The number of rotatable bonds is 6. The molecule has 0 radical (unpaired) electrons. The van der Waals surface area contributed by atoms with Crippen LogP contribution in [-0.4, -0.2) is 61.3 Å². The van der Waals surface area contributed by atoms with Gasteiger partial charge < -0.3 is 9.47 Å². The number of esters is 1. The zero-order valence-electron chi connectivity index (χ0n) is 11.0. The Morgan fingerprint density at radius 2 is 2.41 bits per heavy atom. The Labute approximate surface area is 108 Å². The lowest BCUT2D eigenvalue weighted by Gasteiger charge is -2.32. The zero-order valence-corrected chi connectivity index (χ0v) is 11.8. The van der Waals surface area contributed by atoms with Crippen molar-refractivity contribution in [1.29, 1.82) is 0 Å². The van der Waals surface area contributed by atoms with Gasteiger partial charge >= 0.3 is 5.97 Å². The van der Waals surface area contributed by atoms with Gasteiger partial charge in [0.1, 0.15) is 0 Å². The highest BCUT2D eigenvalue weighted by Gasteiger charge is 2.20. The summed E-state index contributed by atoms with van der Waals surface area (Å²) in [4.78, 5) is 13.5. The highest BCUT2D eigenvalue weighted by Crippen LogP contribution is 2.18. The van der Waals surface area contributed by atoms with Gasteiger partial charge in [-0.05, 0) is 6.54 Å². The van der Waals surface area contributed by atoms with Crippen LogP contribution in [0.1, 0.15) is 20.3 Å². The van der Waals surface area contributed by atoms with E-state index in [2.05, 4.69) is 23.5 Å². The van der Waals surface area contributed by atoms with Crippen molar-refractivity contribution >= 4 is 17.7 Å². The van der Waals surface area contributed by atoms with E-state index in [9.17, 15) is 4.79 Å². The second kappa shape index (κ2) is 7.95. The average molecular weight is 261 g/mol. The third-order valence-corrected chi connectivity index (χ3v) is 4.22. The SMILES string of the molecule is CCN1CCOC(CSC(C)CC(=O)OC)C1. The second-order valence-electron chi connectivity index (χ2n) is 4.31. The smallest absolute Gasteiger partial charge is 0.306 e. The molecule has 0 amide bonds. The molecule has 2 atom stereocenters. The Morgan fingerprint density at radius 3 is 3.06 bits per heavy atom. The van der Waals surface area contributed by atoms with Crippen LogP contribution in [0, 0.1) is 0 Å². The maximum Gasteiger partial charge on any atom is 0.306 e. The molecule has 1 heterocycles. The van der Waals surface area contributed by atoms with Crippen LogP contribution in [0.5, 0.6) is 0 Å². The lowest BCUT2D eigenvalue weighted by atomic mass is 10.3. The number of nitrogens with zero attached hydrogens (tertiary/aromatic N) is 1. The summed E-state index contributed by atoms with van der Waals surface area (Å²) < 4.78 is 10.4. The van der Waals surface area contributed by atoms with Crippen LogP contribution in [0.15, 0.2) is 0 Å². The quantitative estimate of drug-likeness (QED) is 0.676. The van der Waals surface area contributed by atoms with Crippen molar-refractivity contribution in [3.05, 3.63) is 0 Å². The topological polar surface area (TPSA) is 38.8 Å². The summed E-state index contributed by atoms with van der Waals surface area (Å²) in [7, 11) is 1.43. The van der Waals surface area contributed by atoms with E-state index >= 15 is 0 Å². The minimum absolute atomic E-state index is 0.134. The Morgan fingerprint density at radius 1 is 1.65 bits per heavy atom. The summed E-state index contributed by atoms with van der Waals surface area (Å²) in [6, 6.07) is 0. The van der Waals surface area contributed by atoms with Gasteiger partial charge in [0, 0.05) is 24.1 Å². The van der Waals surface area contributed by atoms with Crippen molar-refractivity contribution in [3.8, 4) is 0 Å². The Bertz CT molecular complexity index is 238. The number of carbonyl (C=O) groups excluding carboxylic acids is 1. The molecule has 0 spiro atoms. The molecule has 5 heteroatoms. The van der Waals surface area contributed by atoms with Gasteiger partial charge in [0.15, 0.2) is 0 Å². The van der Waals surface area contributed by atoms with Crippen molar-refractivity contribution < 1.29 is 14.3 Å². The minimum atomic E-state index is -0.134. The molecule has 1 rings (SSSR count). The average Bonchev–Trinajstić information content (AvgIpc) is 2.36. The summed E-state index contributed by atoms with van der Waals surface area (Å²) in [5.74, 6) is 0.819. The molecular weight excluding hydrogens is 238 g/mol. The number of thioether (sulfide) groups is 1. The molecule has 17 heavy (non-hydrogen) atoms. The maximum absolute atomic E-state index is 11.1. The Balaban J connectivity index is 2.18. The van der Waals surface area contributed by atoms with E-state index in [0.29, 0.717) is 17.8 Å². The molecule has 1 aliphatic rings. The lowest BCUT2D eigenvalue weighted by Crippen LogP contribution is -2.43. The van der Waals surface area contributed by atoms with Crippen LogP contribution < -0.4 is 0 Å². The second-order valence-corrected chi connectivity index (χ2v) is 5.78. The molecule has 1 fully saturated rings. The lowest BCUT2D eigenvalue weighted by molar-refractivity contribution is -0.140. The van der Waals surface area contributed by atoms with E-state index in [1.54, 1.807) is 11.8 Å². The molecule has 0 saturated carbocycles. The predicted molar refractivity (Wildman–Crippen MR) is 70.4 cm³/mol. The number of hydrogen-bond donors (Lipinski definition) is 0. The molecular formula is C12H23NO3S. The third kappa shape index (κ3) is 5.75. The summed E-state index contributed by atoms with van der Waals surface area (Å²) in [6.07, 6.45) is 0.777. The zero-order chi connectivity index (χ0) is 12.7. The fraction of sp³-hybridized carbons (Fsp3) is 0.917. The first-order valence-electron chi connectivity index (χ1n) is 6.18. The molecule has 0 aromatic heterocycles. The molecule has 0 aliphatic carbocycles. The van der Waals surface area contributed by atoms with E-state index in [1.165, 1.54) is 7.11 Å². The number of likely N-dealkylation sites (N-methyl/N-ethyl adjacent to an activating group) is 1. The molecule has 4 nitrogen and oxygen atoms in total. The molecule has 1 aliphatic heterocycles. The monoisotopic (exact) mass is 261 g/mol. The normalized spacial score (nSPS) is 23.4. The van der Waals surface area contributed by atoms with Crippen molar-refractivity contribution in [2.75, 3.05) is 39.1 Å². The molecule has 0 aromatic carbocycles. The van der Waals surface area contributed by atoms with Gasteiger partial charge in [0.05, 0.1) is 26.2 Å². The van der Waals surface area contributed by atoms with Crippen molar-refractivity contribution in [1.82, 2.24) is 4.90 Å². The first-order valence-corrected chi connectivity index (χ1v) is 7.23. The van der Waals surface area contributed by atoms with Gasteiger partial charge in [-0.2, -0.15) is 11.8 Å². The van der Waals surface area contributed by atoms with Crippen molar-refractivity contribution in [3.63, 3.8) is 0 Å². The Kier molecular flexibility index (Phi) is 6.92. The maximum atomic E-state index is 11.1. The largest absolute Gasteiger partial charge is 0.469 e. The highest BCUT2D eigenvalue weighted by atomic mass is 32.2. The molecule has 100 valence electrons. The molecule has 2 unspecified atom stereocenters. The summed E-state index contributed by atoms with van der Waals surface area (Å²) in [5, 5.41) is 0.294. The standard InChI is InChI=1S/C12H23NO3S/c1-4-13-5-6-16-11(8-13)9-17-10(2)7-12(14)15-3/h10-11H,4-9H2,1-3H3. The fourth-order valence-electron chi connectivity index (χ4n) is 1.82. The van der Waals surface area contributed by atoms with Crippen LogP contribution >= 0.6 is 11.8 Å².